The average molecular weight is 249 g/mol. The topological polar surface area (TPSA) is 68.4 Å². The van der Waals surface area contributed by atoms with Crippen LogP contribution in [0.5, 0.6) is 0 Å². The smallest absolute Gasteiger partial charge is 0.119 e. The Morgan fingerprint density at radius 2 is 2.47 bits per heavy atom. The number of thiophene rings is 1. The van der Waals surface area contributed by atoms with Gasteiger partial charge in [-0.15, -0.1) is 11.3 Å². The SMILES string of the molecule is O/N=C(/CN(O)/C=C1\C=CC=N1)c1cccs1. The van der Waals surface area contributed by atoms with Gasteiger partial charge in [0.05, 0.1) is 23.3 Å². The maximum absolute atomic E-state index is 9.67. The van der Waals surface area contributed by atoms with E-state index in [-0.39, 0.29) is 6.54 Å². The van der Waals surface area contributed by atoms with Crippen molar-refractivity contribution in [3.05, 3.63) is 46.4 Å². The van der Waals surface area contributed by atoms with E-state index in [0.29, 0.717) is 11.4 Å². The van der Waals surface area contributed by atoms with Crippen molar-refractivity contribution in [2.75, 3.05) is 6.54 Å². The van der Waals surface area contributed by atoms with Crippen molar-refractivity contribution >= 4 is 23.3 Å². The Morgan fingerprint density at radius 1 is 1.59 bits per heavy atom. The highest BCUT2D eigenvalue weighted by atomic mass is 32.1. The molecule has 0 bridgehead atoms. The van der Waals surface area contributed by atoms with Crippen molar-refractivity contribution in [1.82, 2.24) is 5.06 Å². The van der Waals surface area contributed by atoms with Gasteiger partial charge in [-0.05, 0) is 23.6 Å². The van der Waals surface area contributed by atoms with E-state index < -0.39 is 0 Å². The van der Waals surface area contributed by atoms with Gasteiger partial charge in [0.2, 0.25) is 0 Å². The van der Waals surface area contributed by atoms with Gasteiger partial charge in [-0.25, -0.2) is 0 Å². The molecule has 0 unspecified atom stereocenters. The summed E-state index contributed by atoms with van der Waals surface area (Å²) in [4.78, 5) is 4.81. The van der Waals surface area contributed by atoms with Crippen molar-refractivity contribution in [2.24, 2.45) is 10.1 Å². The van der Waals surface area contributed by atoms with Gasteiger partial charge in [-0.2, -0.15) is 0 Å². The van der Waals surface area contributed by atoms with Crippen LogP contribution in [0.1, 0.15) is 4.88 Å². The highest BCUT2D eigenvalue weighted by molar-refractivity contribution is 7.12. The summed E-state index contributed by atoms with van der Waals surface area (Å²) in [6.45, 7) is 0.101. The predicted molar refractivity (Wildman–Crippen MR) is 66.9 cm³/mol. The molecule has 1 aliphatic rings. The van der Waals surface area contributed by atoms with Gasteiger partial charge < -0.3 is 5.21 Å². The number of aliphatic imine (C=N–C) groups is 1. The van der Waals surface area contributed by atoms with E-state index in [1.54, 1.807) is 18.4 Å². The van der Waals surface area contributed by atoms with Gasteiger partial charge in [0.15, 0.2) is 0 Å². The third-order valence-electron chi connectivity index (χ3n) is 2.10. The number of rotatable bonds is 4. The summed E-state index contributed by atoms with van der Waals surface area (Å²) in [5, 5.41) is 24.6. The molecule has 17 heavy (non-hydrogen) atoms. The second-order valence-electron chi connectivity index (χ2n) is 3.31. The van der Waals surface area contributed by atoms with E-state index in [4.69, 9.17) is 5.21 Å². The van der Waals surface area contributed by atoms with Crippen molar-refractivity contribution < 1.29 is 10.4 Å². The number of oxime groups is 1. The second-order valence-corrected chi connectivity index (χ2v) is 4.26. The first-order valence-corrected chi connectivity index (χ1v) is 5.80. The lowest BCUT2D eigenvalue weighted by Crippen LogP contribution is -2.22. The van der Waals surface area contributed by atoms with E-state index in [1.807, 2.05) is 17.5 Å². The van der Waals surface area contributed by atoms with Crippen LogP contribution in [0.25, 0.3) is 0 Å². The zero-order chi connectivity index (χ0) is 12.1. The highest BCUT2D eigenvalue weighted by Gasteiger charge is 2.09. The van der Waals surface area contributed by atoms with Gasteiger partial charge in [-0.1, -0.05) is 11.2 Å². The molecule has 0 radical (unpaired) electrons. The molecule has 0 saturated heterocycles. The number of hydroxylamine groups is 2. The van der Waals surface area contributed by atoms with Crippen LogP contribution in [0.4, 0.5) is 0 Å². The standard InChI is InChI=1S/C11H11N3O2S/c15-13-10(11-4-2-6-17-11)8-14(16)7-9-3-1-5-12-9/h1-7,15-16H,8H2/b9-7+,13-10-. The third kappa shape index (κ3) is 3.02. The summed E-state index contributed by atoms with van der Waals surface area (Å²) < 4.78 is 0. The minimum absolute atomic E-state index is 0.101. The first-order valence-electron chi connectivity index (χ1n) is 4.92. The molecule has 1 aromatic rings. The summed E-state index contributed by atoms with van der Waals surface area (Å²) in [5.74, 6) is 0. The van der Waals surface area contributed by atoms with Crippen molar-refractivity contribution in [2.45, 2.75) is 0 Å². The average Bonchev–Trinajstić information content (AvgIpc) is 2.97. The molecule has 0 saturated carbocycles. The maximum Gasteiger partial charge on any atom is 0.119 e. The van der Waals surface area contributed by atoms with Crippen molar-refractivity contribution in [3.63, 3.8) is 0 Å². The molecule has 0 aromatic carbocycles. The number of nitrogens with zero attached hydrogens (tertiary/aromatic N) is 3. The Kier molecular flexibility index (Phi) is 3.69. The Labute approximate surface area is 102 Å². The summed E-state index contributed by atoms with van der Waals surface area (Å²) in [7, 11) is 0. The minimum atomic E-state index is 0.101. The zero-order valence-electron chi connectivity index (χ0n) is 8.89. The molecule has 0 amide bonds. The summed E-state index contributed by atoms with van der Waals surface area (Å²) in [6.07, 6.45) is 6.66. The van der Waals surface area contributed by atoms with Crippen LogP contribution in [0.3, 0.4) is 0 Å². The lowest BCUT2D eigenvalue weighted by molar-refractivity contribution is -0.0259. The largest absolute Gasteiger partial charge is 0.411 e. The van der Waals surface area contributed by atoms with Crippen LogP contribution in [-0.2, 0) is 0 Å². The Hall–Kier alpha value is -1.92. The van der Waals surface area contributed by atoms with E-state index in [2.05, 4.69) is 10.1 Å². The highest BCUT2D eigenvalue weighted by Crippen LogP contribution is 2.12. The Bertz CT molecular complexity index is 475. The molecule has 2 N–H and O–H groups in total. The molecule has 1 aliphatic heterocycles. The maximum atomic E-state index is 9.67. The van der Waals surface area contributed by atoms with E-state index >= 15 is 0 Å². The summed E-state index contributed by atoms with van der Waals surface area (Å²) in [5.41, 5.74) is 1.06. The van der Waals surface area contributed by atoms with E-state index in [1.165, 1.54) is 17.5 Å². The van der Waals surface area contributed by atoms with Crippen LogP contribution in [0.2, 0.25) is 0 Å². The van der Waals surface area contributed by atoms with Crippen LogP contribution in [0.15, 0.2) is 51.7 Å². The van der Waals surface area contributed by atoms with Crippen LogP contribution in [-0.4, -0.2) is 33.9 Å². The molecule has 1 aromatic heterocycles. The molecule has 2 heterocycles. The Morgan fingerprint density at radius 3 is 3.06 bits per heavy atom. The van der Waals surface area contributed by atoms with Crippen molar-refractivity contribution in [1.29, 1.82) is 0 Å². The molecular formula is C11H11N3O2S. The first kappa shape index (κ1) is 11.6. The van der Waals surface area contributed by atoms with Crippen LogP contribution >= 0.6 is 11.3 Å². The fourth-order valence-corrected chi connectivity index (χ4v) is 2.05. The van der Waals surface area contributed by atoms with Crippen molar-refractivity contribution in [3.8, 4) is 0 Å². The molecule has 88 valence electrons. The molecule has 0 atom stereocenters. The minimum Gasteiger partial charge on any atom is -0.411 e. The molecule has 0 fully saturated rings. The van der Waals surface area contributed by atoms with Crippen LogP contribution < -0.4 is 0 Å². The Balaban J connectivity index is 2.03. The quantitative estimate of drug-likeness (QED) is 0.488. The van der Waals surface area contributed by atoms with E-state index in [0.717, 1.165) is 9.94 Å². The molecule has 6 heteroatoms. The van der Waals surface area contributed by atoms with Gasteiger partial charge >= 0.3 is 0 Å². The number of allylic oxidation sites excluding steroid dienone is 2. The fraction of sp³-hybridized carbons (Fsp3) is 0.0909. The summed E-state index contributed by atoms with van der Waals surface area (Å²) >= 11 is 1.45. The van der Waals surface area contributed by atoms with Crippen LogP contribution in [0, 0.1) is 0 Å². The molecule has 2 rings (SSSR count). The normalized spacial score (nSPS) is 17.0. The molecule has 5 nitrogen and oxygen atoms in total. The molecular weight excluding hydrogens is 238 g/mol. The van der Waals surface area contributed by atoms with Gasteiger partial charge in [0.1, 0.15) is 5.71 Å². The zero-order valence-corrected chi connectivity index (χ0v) is 9.71. The lowest BCUT2D eigenvalue weighted by atomic mass is 10.3. The van der Waals surface area contributed by atoms with E-state index in [9.17, 15) is 5.21 Å². The molecule has 0 aliphatic carbocycles. The predicted octanol–water partition coefficient (Wildman–Crippen LogP) is 2.10. The number of hydrogen-bond acceptors (Lipinski definition) is 6. The lowest BCUT2D eigenvalue weighted by Gasteiger charge is -2.12. The summed E-state index contributed by atoms with van der Waals surface area (Å²) in [6, 6.07) is 3.68. The number of hydrogen-bond donors (Lipinski definition) is 2. The third-order valence-corrected chi connectivity index (χ3v) is 3.01. The van der Waals surface area contributed by atoms with Gasteiger partial charge in [0, 0.05) is 6.21 Å². The fourth-order valence-electron chi connectivity index (χ4n) is 1.34. The monoisotopic (exact) mass is 249 g/mol. The van der Waals surface area contributed by atoms with Gasteiger partial charge in [-0.3, -0.25) is 15.3 Å². The first-order chi connectivity index (χ1) is 8.29. The van der Waals surface area contributed by atoms with Gasteiger partial charge in [0.25, 0.3) is 0 Å². The second kappa shape index (κ2) is 5.42. The molecule has 0 spiro atoms.